The smallest absolute Gasteiger partial charge is 0.410 e. The van der Waals surface area contributed by atoms with Crippen LogP contribution in [0.15, 0.2) is 0 Å². The van der Waals surface area contributed by atoms with Gasteiger partial charge in [-0.15, -0.1) is 0 Å². The number of nitrogens with one attached hydrogen (secondary N) is 1. The molecule has 23 heavy (non-hydrogen) atoms. The lowest BCUT2D eigenvalue weighted by Crippen LogP contribution is -2.51. The van der Waals surface area contributed by atoms with Gasteiger partial charge in [-0.25, -0.2) is 4.79 Å². The van der Waals surface area contributed by atoms with Crippen LogP contribution in [0.4, 0.5) is 4.79 Å². The molecule has 2 fully saturated rings. The van der Waals surface area contributed by atoms with E-state index in [2.05, 4.69) is 30.9 Å². The van der Waals surface area contributed by atoms with Crippen LogP contribution in [0.3, 0.4) is 0 Å². The third-order valence-corrected chi connectivity index (χ3v) is 6.28. The fourth-order valence-corrected chi connectivity index (χ4v) is 4.68. The first-order valence-electron chi connectivity index (χ1n) is 9.12. The van der Waals surface area contributed by atoms with Crippen molar-refractivity contribution in [2.24, 2.45) is 5.92 Å². The van der Waals surface area contributed by atoms with E-state index in [-0.39, 0.29) is 6.09 Å². The molecule has 0 aromatic rings. The van der Waals surface area contributed by atoms with Crippen LogP contribution in [0.2, 0.25) is 0 Å². The number of hydrogen-bond acceptors (Lipinski definition) is 4. The Bertz CT molecular complexity index is 397. The highest BCUT2D eigenvalue weighted by atomic mass is 32.2. The van der Waals surface area contributed by atoms with Gasteiger partial charge in [0.25, 0.3) is 0 Å². The fraction of sp³-hybridized carbons (Fsp3) is 0.944. The van der Waals surface area contributed by atoms with Gasteiger partial charge in [0, 0.05) is 30.4 Å². The van der Waals surface area contributed by atoms with Crippen LogP contribution in [-0.4, -0.2) is 52.8 Å². The minimum atomic E-state index is -0.414. The van der Waals surface area contributed by atoms with Crippen LogP contribution in [0, 0.1) is 5.92 Å². The zero-order valence-corrected chi connectivity index (χ0v) is 16.2. The van der Waals surface area contributed by atoms with E-state index in [1.165, 1.54) is 25.0 Å². The zero-order valence-electron chi connectivity index (χ0n) is 15.4. The van der Waals surface area contributed by atoms with Crippen LogP contribution >= 0.6 is 11.8 Å². The van der Waals surface area contributed by atoms with Crippen LogP contribution in [0.5, 0.6) is 0 Å². The lowest BCUT2D eigenvalue weighted by molar-refractivity contribution is 0.0146. The molecule has 2 rings (SSSR count). The van der Waals surface area contributed by atoms with Crippen LogP contribution < -0.4 is 5.32 Å². The lowest BCUT2D eigenvalue weighted by Gasteiger charge is -2.39. The molecule has 4 unspecified atom stereocenters. The first-order valence-corrected chi connectivity index (χ1v) is 10.2. The molecule has 0 bridgehead atoms. The van der Waals surface area contributed by atoms with Gasteiger partial charge in [-0.3, -0.25) is 0 Å². The minimum Gasteiger partial charge on any atom is -0.444 e. The summed E-state index contributed by atoms with van der Waals surface area (Å²) in [5, 5.41) is 4.54. The molecule has 4 atom stereocenters. The van der Waals surface area contributed by atoms with E-state index < -0.39 is 5.60 Å². The number of rotatable bonds is 3. The van der Waals surface area contributed by atoms with E-state index in [4.69, 9.17) is 4.74 Å². The Hall–Kier alpha value is -0.420. The summed E-state index contributed by atoms with van der Waals surface area (Å²) in [5.41, 5.74) is -0.414. The van der Waals surface area contributed by atoms with E-state index in [1.807, 2.05) is 25.7 Å². The van der Waals surface area contributed by atoms with Crippen molar-refractivity contribution in [2.75, 3.05) is 18.8 Å². The molecule has 0 spiro atoms. The van der Waals surface area contributed by atoms with E-state index >= 15 is 0 Å². The molecular formula is C18H34N2O2S. The highest BCUT2D eigenvalue weighted by Crippen LogP contribution is 2.27. The van der Waals surface area contributed by atoms with Crippen molar-refractivity contribution in [3.63, 3.8) is 0 Å². The Labute approximate surface area is 146 Å². The van der Waals surface area contributed by atoms with Crippen molar-refractivity contribution in [2.45, 2.75) is 83.2 Å². The molecule has 0 aromatic carbocycles. The van der Waals surface area contributed by atoms with Crippen molar-refractivity contribution in [3.8, 4) is 0 Å². The molecule has 1 amide bonds. The summed E-state index contributed by atoms with van der Waals surface area (Å²) in [7, 11) is 0. The minimum absolute atomic E-state index is 0.156. The Morgan fingerprint density at radius 1 is 1.30 bits per heavy atom. The molecule has 0 aromatic heterocycles. The average Bonchev–Trinajstić information content (AvgIpc) is 2.48. The second-order valence-electron chi connectivity index (χ2n) is 8.11. The zero-order chi connectivity index (χ0) is 17.0. The number of ether oxygens (including phenoxy) is 1. The maximum Gasteiger partial charge on any atom is 0.410 e. The molecular weight excluding hydrogens is 308 g/mol. The summed E-state index contributed by atoms with van der Waals surface area (Å²) in [6.07, 6.45) is 4.71. The number of piperidine rings is 1. The van der Waals surface area contributed by atoms with Crippen molar-refractivity contribution in [1.29, 1.82) is 0 Å². The summed E-state index contributed by atoms with van der Waals surface area (Å²) >= 11 is 2.08. The number of likely N-dealkylation sites (tertiary alicyclic amines) is 1. The second-order valence-corrected chi connectivity index (χ2v) is 9.59. The van der Waals surface area contributed by atoms with Crippen LogP contribution in [0.25, 0.3) is 0 Å². The van der Waals surface area contributed by atoms with Crippen LogP contribution in [0.1, 0.15) is 60.3 Å². The number of nitrogens with zero attached hydrogens (tertiary/aromatic N) is 1. The van der Waals surface area contributed by atoms with E-state index in [1.54, 1.807) is 0 Å². The Balaban J connectivity index is 1.86. The number of thioether (sulfide) groups is 1. The van der Waals surface area contributed by atoms with E-state index in [0.717, 1.165) is 19.5 Å². The molecule has 2 aliphatic rings. The standard InChI is InChI=1S/C18H34N2O2S/c1-13(19-16-9-7-11-23-14(16)2)15-8-6-10-20(12-15)17(21)22-18(3,4)5/h13-16,19H,6-12H2,1-5H3. The van der Waals surface area contributed by atoms with Crippen molar-refractivity contribution in [3.05, 3.63) is 0 Å². The Kier molecular flexibility index (Phi) is 6.66. The van der Waals surface area contributed by atoms with Gasteiger partial charge in [-0.05, 0) is 65.0 Å². The number of hydrogen-bond donors (Lipinski definition) is 1. The predicted molar refractivity (Wildman–Crippen MR) is 98.1 cm³/mol. The Morgan fingerprint density at radius 2 is 2.04 bits per heavy atom. The maximum atomic E-state index is 12.3. The number of amides is 1. The molecule has 134 valence electrons. The van der Waals surface area contributed by atoms with Gasteiger partial charge in [0.1, 0.15) is 5.60 Å². The largest absolute Gasteiger partial charge is 0.444 e. The SMILES string of the molecule is CC(NC1CCCSC1C)C1CCCN(C(=O)OC(C)(C)C)C1. The van der Waals surface area contributed by atoms with E-state index in [0.29, 0.717) is 23.3 Å². The fourth-order valence-electron chi connectivity index (χ4n) is 3.53. The summed E-state index contributed by atoms with van der Waals surface area (Å²) in [5.74, 6) is 1.82. The van der Waals surface area contributed by atoms with Gasteiger partial charge in [0.2, 0.25) is 0 Å². The maximum absolute atomic E-state index is 12.3. The third kappa shape index (κ3) is 5.86. The van der Waals surface area contributed by atoms with E-state index in [9.17, 15) is 4.79 Å². The molecule has 1 N–H and O–H groups in total. The van der Waals surface area contributed by atoms with Crippen LogP contribution in [-0.2, 0) is 4.74 Å². The molecule has 5 heteroatoms. The number of carbonyl (C=O) groups excluding carboxylic acids is 1. The second kappa shape index (κ2) is 8.11. The van der Waals surface area contributed by atoms with Gasteiger partial charge < -0.3 is 15.0 Å². The Morgan fingerprint density at radius 3 is 2.70 bits per heavy atom. The number of carbonyl (C=O) groups is 1. The molecule has 0 aliphatic carbocycles. The lowest BCUT2D eigenvalue weighted by atomic mass is 9.90. The molecule has 2 saturated heterocycles. The summed E-state index contributed by atoms with van der Waals surface area (Å²) in [6, 6.07) is 1.06. The van der Waals surface area contributed by atoms with Gasteiger partial charge >= 0.3 is 6.09 Å². The monoisotopic (exact) mass is 342 g/mol. The van der Waals surface area contributed by atoms with Crippen molar-refractivity contribution < 1.29 is 9.53 Å². The molecule has 2 aliphatic heterocycles. The predicted octanol–water partition coefficient (Wildman–Crippen LogP) is 3.90. The first kappa shape index (κ1) is 18.9. The molecule has 0 radical (unpaired) electrons. The summed E-state index contributed by atoms with van der Waals surface area (Å²) in [6.45, 7) is 12.1. The third-order valence-electron chi connectivity index (χ3n) is 4.90. The molecule has 0 saturated carbocycles. The summed E-state index contributed by atoms with van der Waals surface area (Å²) < 4.78 is 5.54. The highest BCUT2D eigenvalue weighted by molar-refractivity contribution is 7.99. The normalized spacial score (nSPS) is 30.8. The highest BCUT2D eigenvalue weighted by Gasteiger charge is 2.32. The van der Waals surface area contributed by atoms with Gasteiger partial charge in [0.15, 0.2) is 0 Å². The topological polar surface area (TPSA) is 41.6 Å². The summed E-state index contributed by atoms with van der Waals surface area (Å²) in [4.78, 5) is 14.2. The van der Waals surface area contributed by atoms with Gasteiger partial charge in [0.05, 0.1) is 0 Å². The van der Waals surface area contributed by atoms with Gasteiger partial charge in [-0.1, -0.05) is 6.92 Å². The molecule has 4 nitrogen and oxygen atoms in total. The average molecular weight is 343 g/mol. The first-order chi connectivity index (χ1) is 10.8. The van der Waals surface area contributed by atoms with Gasteiger partial charge in [-0.2, -0.15) is 11.8 Å². The molecule has 2 heterocycles. The van der Waals surface area contributed by atoms with Crippen molar-refractivity contribution in [1.82, 2.24) is 10.2 Å². The van der Waals surface area contributed by atoms with Crippen molar-refractivity contribution >= 4 is 17.9 Å². The quantitative estimate of drug-likeness (QED) is 0.845.